The predicted molar refractivity (Wildman–Crippen MR) is 34.5 cm³/mol. The summed E-state index contributed by atoms with van der Waals surface area (Å²) in [5, 5.41) is 16.9. The van der Waals surface area contributed by atoms with E-state index in [1.165, 1.54) is 0 Å². The van der Waals surface area contributed by atoms with Gasteiger partial charge in [0.05, 0.1) is 6.07 Å². The van der Waals surface area contributed by atoms with E-state index in [2.05, 4.69) is 0 Å². The van der Waals surface area contributed by atoms with Crippen LogP contribution in [-0.2, 0) is 0 Å². The van der Waals surface area contributed by atoms with Crippen molar-refractivity contribution in [3.63, 3.8) is 0 Å². The Bertz CT molecular complexity index is 108. The van der Waals surface area contributed by atoms with Crippen LogP contribution in [0, 0.1) is 11.3 Å². The molecule has 0 amide bonds. The van der Waals surface area contributed by atoms with Gasteiger partial charge in [0.15, 0.2) is 6.10 Å². The van der Waals surface area contributed by atoms with Gasteiger partial charge in [0.2, 0.25) is 0 Å². The molecule has 2 unspecified atom stereocenters. The third kappa shape index (κ3) is 3.07. The normalized spacial score (nSPS) is 16.2. The van der Waals surface area contributed by atoms with E-state index in [0.717, 1.165) is 6.42 Å². The summed E-state index contributed by atoms with van der Waals surface area (Å²) in [6.45, 7) is 1.96. The molecule has 0 bridgehead atoms. The summed E-state index contributed by atoms with van der Waals surface area (Å²) in [5.74, 6) is 0. The molecule has 0 rings (SSSR count). The molecule has 3 heteroatoms. The minimum absolute atomic E-state index is 0.375. The first-order valence-electron chi connectivity index (χ1n) is 3.05. The molecule has 0 saturated heterocycles. The van der Waals surface area contributed by atoms with Gasteiger partial charge in [0, 0.05) is 6.04 Å². The maximum absolute atomic E-state index is 8.77. The molecule has 2 atom stereocenters. The van der Waals surface area contributed by atoms with Gasteiger partial charge in [-0.05, 0) is 6.42 Å². The Morgan fingerprint density at radius 3 is 2.67 bits per heavy atom. The van der Waals surface area contributed by atoms with Gasteiger partial charge in [-0.25, -0.2) is 0 Å². The second-order valence-electron chi connectivity index (χ2n) is 2.03. The highest BCUT2D eigenvalue weighted by atomic mass is 16.3. The number of hydrogen-bond acceptors (Lipinski definition) is 3. The monoisotopic (exact) mass is 128 g/mol. The van der Waals surface area contributed by atoms with Crippen molar-refractivity contribution >= 4 is 0 Å². The molecule has 52 valence electrons. The standard InChI is InChI=1S/C6H12N2O/c1-2-3-5(8)6(9)4-7/h5-6,9H,2-3,8H2,1H3. The molecule has 0 aliphatic rings. The van der Waals surface area contributed by atoms with Gasteiger partial charge in [-0.1, -0.05) is 13.3 Å². The molecule has 0 aliphatic heterocycles. The number of nitriles is 1. The third-order valence-electron chi connectivity index (χ3n) is 1.16. The van der Waals surface area contributed by atoms with Crippen molar-refractivity contribution in [3.8, 4) is 6.07 Å². The van der Waals surface area contributed by atoms with Crippen molar-refractivity contribution in [2.45, 2.75) is 31.9 Å². The van der Waals surface area contributed by atoms with E-state index in [1.54, 1.807) is 6.07 Å². The Hall–Kier alpha value is -0.590. The van der Waals surface area contributed by atoms with Gasteiger partial charge >= 0.3 is 0 Å². The number of rotatable bonds is 3. The van der Waals surface area contributed by atoms with E-state index in [0.29, 0.717) is 6.42 Å². The molecule has 0 aromatic rings. The van der Waals surface area contributed by atoms with Crippen LogP contribution in [-0.4, -0.2) is 17.3 Å². The van der Waals surface area contributed by atoms with E-state index < -0.39 is 6.10 Å². The molecule has 0 aromatic heterocycles. The molecular weight excluding hydrogens is 116 g/mol. The number of aliphatic hydroxyl groups excluding tert-OH is 1. The summed E-state index contributed by atoms with van der Waals surface area (Å²) in [4.78, 5) is 0. The second kappa shape index (κ2) is 4.30. The molecule has 0 aromatic carbocycles. The van der Waals surface area contributed by atoms with Crippen molar-refractivity contribution in [1.82, 2.24) is 0 Å². The Morgan fingerprint density at radius 1 is 1.78 bits per heavy atom. The fraction of sp³-hybridized carbons (Fsp3) is 0.833. The summed E-state index contributed by atoms with van der Waals surface area (Å²) < 4.78 is 0. The van der Waals surface area contributed by atoms with Crippen molar-refractivity contribution in [1.29, 1.82) is 5.26 Å². The highest BCUT2D eigenvalue weighted by molar-refractivity contribution is 4.89. The van der Waals surface area contributed by atoms with Crippen LogP contribution in [0.15, 0.2) is 0 Å². The van der Waals surface area contributed by atoms with Crippen LogP contribution < -0.4 is 5.73 Å². The van der Waals surface area contributed by atoms with Gasteiger partial charge in [-0.15, -0.1) is 0 Å². The van der Waals surface area contributed by atoms with Gasteiger partial charge in [-0.3, -0.25) is 0 Å². The van der Waals surface area contributed by atoms with Crippen LogP contribution in [0.25, 0.3) is 0 Å². The summed E-state index contributed by atoms with van der Waals surface area (Å²) in [7, 11) is 0. The molecule has 3 N–H and O–H groups in total. The minimum Gasteiger partial charge on any atom is -0.376 e. The van der Waals surface area contributed by atoms with Gasteiger partial charge in [-0.2, -0.15) is 5.26 Å². The Morgan fingerprint density at radius 2 is 2.33 bits per heavy atom. The van der Waals surface area contributed by atoms with Crippen LogP contribution in [0.5, 0.6) is 0 Å². The summed E-state index contributed by atoms with van der Waals surface area (Å²) in [5.41, 5.74) is 5.37. The first-order valence-corrected chi connectivity index (χ1v) is 3.05. The van der Waals surface area contributed by atoms with Gasteiger partial charge in [0.1, 0.15) is 0 Å². The van der Waals surface area contributed by atoms with Crippen molar-refractivity contribution in [2.75, 3.05) is 0 Å². The third-order valence-corrected chi connectivity index (χ3v) is 1.16. The minimum atomic E-state index is -0.995. The molecule has 0 spiro atoms. The summed E-state index contributed by atoms with van der Waals surface area (Å²) in [6, 6.07) is 1.31. The van der Waals surface area contributed by atoms with Crippen LogP contribution in [0.4, 0.5) is 0 Å². The Kier molecular flexibility index (Phi) is 4.02. The maximum atomic E-state index is 8.77. The smallest absolute Gasteiger partial charge is 0.155 e. The maximum Gasteiger partial charge on any atom is 0.155 e. The second-order valence-corrected chi connectivity index (χ2v) is 2.03. The van der Waals surface area contributed by atoms with Gasteiger partial charge in [0.25, 0.3) is 0 Å². The summed E-state index contributed by atoms with van der Waals surface area (Å²) in [6.07, 6.45) is 0.610. The van der Waals surface area contributed by atoms with Crippen LogP contribution >= 0.6 is 0 Å². The molecule has 0 saturated carbocycles. The quantitative estimate of drug-likeness (QED) is 0.525. The first kappa shape index (κ1) is 8.41. The van der Waals surface area contributed by atoms with Crippen molar-refractivity contribution < 1.29 is 5.11 Å². The Balaban J connectivity index is 3.48. The lowest BCUT2D eigenvalue weighted by Gasteiger charge is -2.09. The zero-order valence-corrected chi connectivity index (χ0v) is 5.54. The number of nitrogens with zero attached hydrogens (tertiary/aromatic N) is 1. The summed E-state index contributed by atoms with van der Waals surface area (Å²) >= 11 is 0. The van der Waals surface area contributed by atoms with Crippen LogP contribution in [0.3, 0.4) is 0 Å². The predicted octanol–water partition coefficient (Wildman–Crippen LogP) is -0.00172. The fourth-order valence-corrected chi connectivity index (χ4v) is 0.587. The highest BCUT2D eigenvalue weighted by Gasteiger charge is 2.10. The zero-order chi connectivity index (χ0) is 7.28. The fourth-order valence-electron chi connectivity index (χ4n) is 0.587. The molecule has 0 fully saturated rings. The lowest BCUT2D eigenvalue weighted by Crippen LogP contribution is -2.33. The van der Waals surface area contributed by atoms with E-state index >= 15 is 0 Å². The molecular formula is C6H12N2O. The van der Waals surface area contributed by atoms with Crippen molar-refractivity contribution in [3.05, 3.63) is 0 Å². The molecule has 0 heterocycles. The van der Waals surface area contributed by atoms with Crippen LogP contribution in [0.1, 0.15) is 19.8 Å². The van der Waals surface area contributed by atoms with E-state index in [1.807, 2.05) is 6.92 Å². The highest BCUT2D eigenvalue weighted by Crippen LogP contribution is 1.97. The molecule has 9 heavy (non-hydrogen) atoms. The first-order chi connectivity index (χ1) is 4.22. The number of hydrogen-bond donors (Lipinski definition) is 2. The largest absolute Gasteiger partial charge is 0.376 e. The topological polar surface area (TPSA) is 70.0 Å². The van der Waals surface area contributed by atoms with Gasteiger partial charge < -0.3 is 10.8 Å². The Labute approximate surface area is 55.1 Å². The number of nitrogens with two attached hydrogens (primary N) is 1. The number of aliphatic hydroxyl groups is 1. The average molecular weight is 128 g/mol. The van der Waals surface area contributed by atoms with Crippen molar-refractivity contribution in [2.24, 2.45) is 5.73 Å². The van der Waals surface area contributed by atoms with E-state index in [9.17, 15) is 0 Å². The molecule has 0 aliphatic carbocycles. The van der Waals surface area contributed by atoms with E-state index in [-0.39, 0.29) is 6.04 Å². The average Bonchev–Trinajstić information content (AvgIpc) is 1.87. The lowest BCUT2D eigenvalue weighted by atomic mass is 10.1. The van der Waals surface area contributed by atoms with Crippen LogP contribution in [0.2, 0.25) is 0 Å². The zero-order valence-electron chi connectivity index (χ0n) is 5.54. The SMILES string of the molecule is CCCC(N)C(O)C#N. The molecule has 3 nitrogen and oxygen atoms in total. The van der Waals surface area contributed by atoms with E-state index in [4.69, 9.17) is 16.1 Å². The molecule has 0 radical (unpaired) electrons. The lowest BCUT2D eigenvalue weighted by molar-refractivity contribution is 0.192.